The van der Waals surface area contributed by atoms with Crippen molar-refractivity contribution in [3.05, 3.63) is 74.9 Å². The number of rotatable bonds is 3. The predicted molar refractivity (Wildman–Crippen MR) is 102 cm³/mol. The standard InChI is InChI=1S/C18H14N4O4S/c1-10-7-14-15(21-18(24)17(23)20-14)9-16(10)27(25,26)22-12-4-5-13-11(8-12)3-2-6-19-13/h2-9,22H,1H3,(H,20,23)(H,21,24). The van der Waals surface area contributed by atoms with Crippen LogP contribution in [0.25, 0.3) is 21.9 Å². The van der Waals surface area contributed by atoms with Gasteiger partial charge in [-0.3, -0.25) is 19.3 Å². The van der Waals surface area contributed by atoms with Crippen LogP contribution in [-0.2, 0) is 10.0 Å². The lowest BCUT2D eigenvalue weighted by atomic mass is 10.2. The van der Waals surface area contributed by atoms with Crippen LogP contribution < -0.4 is 15.8 Å². The summed E-state index contributed by atoms with van der Waals surface area (Å²) in [6.45, 7) is 1.61. The van der Waals surface area contributed by atoms with E-state index in [1.807, 2.05) is 6.07 Å². The van der Waals surface area contributed by atoms with Crippen molar-refractivity contribution < 1.29 is 8.42 Å². The molecule has 0 atom stereocenters. The molecule has 0 aliphatic rings. The number of nitrogens with zero attached hydrogens (tertiary/aromatic N) is 1. The van der Waals surface area contributed by atoms with Crippen LogP contribution in [0.5, 0.6) is 0 Å². The third-order valence-electron chi connectivity index (χ3n) is 4.16. The minimum absolute atomic E-state index is 0.00369. The van der Waals surface area contributed by atoms with Crippen LogP contribution in [0.3, 0.4) is 0 Å². The summed E-state index contributed by atoms with van der Waals surface area (Å²) in [4.78, 5) is 32.0. The summed E-state index contributed by atoms with van der Waals surface area (Å²) in [7, 11) is -3.91. The molecule has 4 aromatic rings. The molecule has 4 rings (SSSR count). The van der Waals surface area contributed by atoms with Crippen molar-refractivity contribution in [2.75, 3.05) is 4.72 Å². The van der Waals surface area contributed by atoms with Crippen molar-refractivity contribution in [1.82, 2.24) is 15.0 Å². The molecule has 2 aromatic heterocycles. The molecule has 0 amide bonds. The molecular weight excluding hydrogens is 368 g/mol. The summed E-state index contributed by atoms with van der Waals surface area (Å²) >= 11 is 0. The lowest BCUT2D eigenvalue weighted by Gasteiger charge is -2.12. The van der Waals surface area contributed by atoms with Gasteiger partial charge in [-0.15, -0.1) is 0 Å². The van der Waals surface area contributed by atoms with E-state index in [0.717, 1.165) is 10.9 Å². The van der Waals surface area contributed by atoms with Gasteiger partial charge in [-0.05, 0) is 48.9 Å². The van der Waals surface area contributed by atoms with Crippen LogP contribution in [0.15, 0.2) is 63.1 Å². The van der Waals surface area contributed by atoms with Crippen LogP contribution in [0, 0.1) is 6.92 Å². The normalized spacial score (nSPS) is 11.7. The third kappa shape index (κ3) is 3.08. The second-order valence-electron chi connectivity index (χ2n) is 6.09. The van der Waals surface area contributed by atoms with Gasteiger partial charge >= 0.3 is 11.1 Å². The van der Waals surface area contributed by atoms with E-state index in [-0.39, 0.29) is 10.4 Å². The number of sulfonamides is 1. The zero-order valence-electron chi connectivity index (χ0n) is 14.1. The molecule has 3 N–H and O–H groups in total. The number of nitrogens with one attached hydrogen (secondary N) is 3. The van der Waals surface area contributed by atoms with Crippen molar-refractivity contribution >= 4 is 37.6 Å². The second kappa shape index (κ2) is 6.06. The number of hydrogen-bond acceptors (Lipinski definition) is 5. The molecule has 0 saturated carbocycles. The van der Waals surface area contributed by atoms with Gasteiger partial charge in [0.1, 0.15) is 0 Å². The quantitative estimate of drug-likeness (QED) is 0.467. The predicted octanol–water partition coefficient (Wildman–Crippen LogP) is 1.87. The van der Waals surface area contributed by atoms with Gasteiger partial charge in [0, 0.05) is 17.3 Å². The van der Waals surface area contributed by atoms with Crippen molar-refractivity contribution in [2.24, 2.45) is 0 Å². The summed E-state index contributed by atoms with van der Waals surface area (Å²) in [6.07, 6.45) is 1.66. The highest BCUT2D eigenvalue weighted by Gasteiger charge is 2.19. The van der Waals surface area contributed by atoms with Gasteiger partial charge in [0.25, 0.3) is 10.0 Å². The Hall–Kier alpha value is -3.46. The van der Waals surface area contributed by atoms with Gasteiger partial charge in [0.2, 0.25) is 0 Å². The Morgan fingerprint density at radius 2 is 1.67 bits per heavy atom. The van der Waals surface area contributed by atoms with E-state index >= 15 is 0 Å². The minimum atomic E-state index is -3.91. The molecule has 0 aliphatic carbocycles. The number of fused-ring (bicyclic) bond motifs is 2. The fourth-order valence-corrected chi connectivity index (χ4v) is 4.19. The van der Waals surface area contributed by atoms with Crippen molar-refractivity contribution in [3.8, 4) is 0 Å². The van der Waals surface area contributed by atoms with E-state index in [4.69, 9.17) is 0 Å². The van der Waals surface area contributed by atoms with Gasteiger partial charge in [-0.2, -0.15) is 0 Å². The number of aryl methyl sites for hydroxylation is 1. The zero-order valence-corrected chi connectivity index (χ0v) is 14.9. The van der Waals surface area contributed by atoms with Gasteiger partial charge < -0.3 is 9.97 Å². The SMILES string of the molecule is Cc1cc2[nH]c(=O)c(=O)[nH]c2cc1S(=O)(=O)Nc1ccc2ncccc2c1. The Morgan fingerprint density at radius 3 is 2.41 bits per heavy atom. The molecule has 2 aromatic carbocycles. The number of pyridine rings is 1. The molecule has 9 heteroatoms. The average molecular weight is 382 g/mol. The molecule has 27 heavy (non-hydrogen) atoms. The van der Waals surface area contributed by atoms with Gasteiger partial charge in [-0.1, -0.05) is 6.07 Å². The van der Waals surface area contributed by atoms with E-state index in [9.17, 15) is 18.0 Å². The lowest BCUT2D eigenvalue weighted by molar-refractivity contribution is 0.600. The first-order valence-corrected chi connectivity index (χ1v) is 9.46. The summed E-state index contributed by atoms with van der Waals surface area (Å²) in [5, 5.41) is 0.801. The molecule has 0 radical (unpaired) electrons. The first-order valence-electron chi connectivity index (χ1n) is 7.98. The van der Waals surface area contributed by atoms with Gasteiger partial charge in [0.05, 0.1) is 21.4 Å². The van der Waals surface area contributed by atoms with Crippen LogP contribution in [0.4, 0.5) is 5.69 Å². The van der Waals surface area contributed by atoms with Crippen LogP contribution >= 0.6 is 0 Å². The van der Waals surface area contributed by atoms with E-state index < -0.39 is 21.1 Å². The molecule has 0 bridgehead atoms. The van der Waals surface area contributed by atoms with Crippen molar-refractivity contribution in [1.29, 1.82) is 0 Å². The number of H-pyrrole nitrogens is 2. The lowest BCUT2D eigenvalue weighted by Crippen LogP contribution is -2.29. The Morgan fingerprint density at radius 1 is 0.963 bits per heavy atom. The smallest absolute Gasteiger partial charge is 0.314 e. The number of anilines is 1. The van der Waals surface area contributed by atoms with E-state index in [2.05, 4.69) is 19.7 Å². The fourth-order valence-electron chi connectivity index (χ4n) is 2.89. The highest BCUT2D eigenvalue weighted by atomic mass is 32.2. The monoisotopic (exact) mass is 382 g/mol. The third-order valence-corrected chi connectivity index (χ3v) is 5.69. The molecule has 0 unspecified atom stereocenters. The summed E-state index contributed by atoms with van der Waals surface area (Å²) in [5.74, 6) is 0. The Bertz CT molecular complexity index is 1420. The van der Waals surface area contributed by atoms with Gasteiger partial charge in [-0.25, -0.2) is 8.42 Å². The highest BCUT2D eigenvalue weighted by molar-refractivity contribution is 7.92. The fraction of sp³-hybridized carbons (Fsp3) is 0.0556. The van der Waals surface area contributed by atoms with E-state index in [1.165, 1.54) is 12.1 Å². The zero-order chi connectivity index (χ0) is 19.2. The number of benzene rings is 2. The molecule has 136 valence electrons. The first kappa shape index (κ1) is 17.0. The topological polar surface area (TPSA) is 125 Å². The molecule has 0 fully saturated rings. The Kier molecular flexibility index (Phi) is 3.81. The molecule has 8 nitrogen and oxygen atoms in total. The molecule has 0 saturated heterocycles. The van der Waals surface area contributed by atoms with Gasteiger partial charge in [0.15, 0.2) is 0 Å². The maximum Gasteiger partial charge on any atom is 0.314 e. The maximum atomic E-state index is 12.9. The summed E-state index contributed by atoms with van der Waals surface area (Å²) in [5.41, 5.74) is 0.528. The largest absolute Gasteiger partial charge is 0.316 e. The Balaban J connectivity index is 1.80. The van der Waals surface area contributed by atoms with Crippen molar-refractivity contribution in [3.63, 3.8) is 0 Å². The second-order valence-corrected chi connectivity index (χ2v) is 7.74. The molecule has 0 spiro atoms. The molecule has 0 aliphatic heterocycles. The minimum Gasteiger partial charge on any atom is -0.316 e. The van der Waals surface area contributed by atoms with Crippen LogP contribution in [-0.4, -0.2) is 23.4 Å². The average Bonchev–Trinajstić information content (AvgIpc) is 2.62. The number of aromatic amines is 2. The maximum absolute atomic E-state index is 12.9. The number of hydrogen-bond donors (Lipinski definition) is 3. The number of aromatic nitrogens is 3. The summed E-state index contributed by atoms with van der Waals surface area (Å²) in [6, 6.07) is 11.5. The molecular formula is C18H14N4O4S. The van der Waals surface area contributed by atoms with E-state index in [1.54, 1.807) is 37.4 Å². The highest BCUT2D eigenvalue weighted by Crippen LogP contribution is 2.24. The van der Waals surface area contributed by atoms with Crippen LogP contribution in [0.1, 0.15) is 5.56 Å². The van der Waals surface area contributed by atoms with Crippen molar-refractivity contribution in [2.45, 2.75) is 11.8 Å². The van der Waals surface area contributed by atoms with Crippen LogP contribution in [0.2, 0.25) is 0 Å². The molecule has 2 heterocycles. The van der Waals surface area contributed by atoms with E-state index in [0.29, 0.717) is 16.8 Å². The Labute approximate surface area is 153 Å². The first-order chi connectivity index (χ1) is 12.8. The summed E-state index contributed by atoms with van der Waals surface area (Å²) < 4.78 is 28.3.